The highest BCUT2D eigenvalue weighted by molar-refractivity contribution is 7.98. The van der Waals surface area contributed by atoms with Crippen molar-refractivity contribution in [2.45, 2.75) is 17.9 Å². The van der Waals surface area contributed by atoms with Crippen LogP contribution in [0, 0.1) is 0 Å². The average molecular weight is 312 g/mol. The van der Waals surface area contributed by atoms with Gasteiger partial charge in [0.15, 0.2) is 0 Å². The van der Waals surface area contributed by atoms with Crippen LogP contribution >= 0.6 is 34.7 Å². The highest BCUT2D eigenvalue weighted by atomic mass is 35.5. The summed E-state index contributed by atoms with van der Waals surface area (Å²) in [5.41, 5.74) is 0.713. The van der Waals surface area contributed by atoms with Crippen LogP contribution in [-0.4, -0.2) is 12.2 Å². The van der Waals surface area contributed by atoms with E-state index in [-0.39, 0.29) is 11.9 Å². The van der Waals surface area contributed by atoms with Gasteiger partial charge in [0, 0.05) is 9.77 Å². The van der Waals surface area contributed by atoms with Crippen molar-refractivity contribution in [1.82, 2.24) is 5.32 Å². The fourth-order valence-corrected chi connectivity index (χ4v) is 3.40. The predicted octanol–water partition coefficient (Wildman–Crippen LogP) is 4.61. The molecule has 1 atom stereocenters. The van der Waals surface area contributed by atoms with Gasteiger partial charge in [-0.1, -0.05) is 23.7 Å². The van der Waals surface area contributed by atoms with E-state index in [1.54, 1.807) is 11.8 Å². The Balaban J connectivity index is 2.12. The monoisotopic (exact) mass is 311 g/mol. The van der Waals surface area contributed by atoms with E-state index in [9.17, 15) is 4.79 Å². The second-order valence-corrected chi connectivity index (χ2v) is 6.63. The topological polar surface area (TPSA) is 29.1 Å². The maximum Gasteiger partial charge on any atom is 0.252 e. The summed E-state index contributed by atoms with van der Waals surface area (Å²) in [4.78, 5) is 14.3. The summed E-state index contributed by atoms with van der Waals surface area (Å²) in [5.74, 6) is -0.0537. The Morgan fingerprint density at radius 2 is 2.05 bits per heavy atom. The summed E-state index contributed by atoms with van der Waals surface area (Å²) >= 11 is 8.97. The van der Waals surface area contributed by atoms with Crippen molar-refractivity contribution in [3.05, 3.63) is 51.2 Å². The normalized spacial score (nSPS) is 12.2. The summed E-state index contributed by atoms with van der Waals surface area (Å²) in [5, 5.41) is 3.00. The second kappa shape index (κ2) is 6.46. The second-order valence-electron chi connectivity index (χ2n) is 4.04. The zero-order valence-electron chi connectivity index (χ0n) is 10.6. The lowest BCUT2D eigenvalue weighted by Gasteiger charge is -2.13. The van der Waals surface area contributed by atoms with Gasteiger partial charge in [-0.05, 0) is 37.4 Å². The summed E-state index contributed by atoms with van der Waals surface area (Å²) in [6.07, 6.45) is 1.97. The average Bonchev–Trinajstić information content (AvgIpc) is 2.85. The standard InChI is InChI=1S/C14H14ClNOS2/c1-9(11-7-8-13(15)19-11)16-14(17)10-5-3-4-6-12(10)18-2/h3-9H,1-2H3,(H,16,17)/t9-/m1/s1. The molecule has 1 aromatic carbocycles. The molecule has 0 fully saturated rings. The van der Waals surface area contributed by atoms with E-state index in [0.29, 0.717) is 5.56 Å². The highest BCUT2D eigenvalue weighted by Crippen LogP contribution is 2.27. The first-order chi connectivity index (χ1) is 9.11. The van der Waals surface area contributed by atoms with Crippen molar-refractivity contribution in [3.63, 3.8) is 0 Å². The van der Waals surface area contributed by atoms with Crippen LogP contribution in [0.5, 0.6) is 0 Å². The smallest absolute Gasteiger partial charge is 0.252 e. The lowest BCUT2D eigenvalue weighted by Crippen LogP contribution is -2.26. The molecule has 1 amide bonds. The summed E-state index contributed by atoms with van der Waals surface area (Å²) in [6, 6.07) is 11.4. The molecule has 2 aromatic rings. The van der Waals surface area contributed by atoms with Crippen LogP contribution in [0.3, 0.4) is 0 Å². The number of thioether (sulfide) groups is 1. The molecule has 19 heavy (non-hydrogen) atoms. The van der Waals surface area contributed by atoms with Crippen LogP contribution in [0.25, 0.3) is 0 Å². The molecule has 5 heteroatoms. The summed E-state index contributed by atoms with van der Waals surface area (Å²) < 4.78 is 0.737. The van der Waals surface area contributed by atoms with Gasteiger partial charge in [0.1, 0.15) is 0 Å². The Labute approximate surface area is 126 Å². The number of thiophene rings is 1. The minimum atomic E-state index is -0.0537. The van der Waals surface area contributed by atoms with E-state index in [1.807, 2.05) is 49.6 Å². The number of carbonyl (C=O) groups excluding carboxylic acids is 1. The third kappa shape index (κ3) is 3.53. The molecule has 1 aromatic heterocycles. The Morgan fingerprint density at radius 3 is 2.68 bits per heavy atom. The van der Waals surface area contributed by atoms with Gasteiger partial charge in [-0.2, -0.15) is 0 Å². The molecular weight excluding hydrogens is 298 g/mol. The number of halogens is 1. The van der Waals surface area contributed by atoms with Crippen LogP contribution in [0.4, 0.5) is 0 Å². The Morgan fingerprint density at radius 1 is 1.32 bits per heavy atom. The molecule has 2 nitrogen and oxygen atoms in total. The molecule has 0 bridgehead atoms. The number of rotatable bonds is 4. The first-order valence-electron chi connectivity index (χ1n) is 5.81. The van der Waals surface area contributed by atoms with E-state index in [0.717, 1.165) is 14.1 Å². The van der Waals surface area contributed by atoms with Crippen molar-refractivity contribution in [3.8, 4) is 0 Å². The first-order valence-corrected chi connectivity index (χ1v) is 8.23. The van der Waals surface area contributed by atoms with Crippen LogP contribution < -0.4 is 5.32 Å². The number of benzene rings is 1. The van der Waals surface area contributed by atoms with Gasteiger partial charge in [0.05, 0.1) is 15.9 Å². The molecule has 0 radical (unpaired) electrons. The van der Waals surface area contributed by atoms with Gasteiger partial charge >= 0.3 is 0 Å². The molecular formula is C14H14ClNOS2. The zero-order chi connectivity index (χ0) is 13.8. The van der Waals surface area contributed by atoms with E-state index in [1.165, 1.54) is 11.3 Å². The number of nitrogens with one attached hydrogen (secondary N) is 1. The van der Waals surface area contributed by atoms with Crippen molar-refractivity contribution >= 4 is 40.6 Å². The highest BCUT2D eigenvalue weighted by Gasteiger charge is 2.15. The molecule has 100 valence electrons. The summed E-state index contributed by atoms with van der Waals surface area (Å²) in [7, 11) is 0. The fraction of sp³-hybridized carbons (Fsp3) is 0.214. The van der Waals surface area contributed by atoms with E-state index in [2.05, 4.69) is 5.32 Å². The lowest BCUT2D eigenvalue weighted by atomic mass is 10.2. The molecule has 2 rings (SSSR count). The van der Waals surface area contributed by atoms with Crippen molar-refractivity contribution in [2.24, 2.45) is 0 Å². The number of hydrogen-bond donors (Lipinski definition) is 1. The minimum Gasteiger partial charge on any atom is -0.345 e. The number of amides is 1. The van der Waals surface area contributed by atoms with Crippen LogP contribution in [0.1, 0.15) is 28.2 Å². The van der Waals surface area contributed by atoms with Crippen LogP contribution in [0.2, 0.25) is 4.34 Å². The van der Waals surface area contributed by atoms with E-state index in [4.69, 9.17) is 11.6 Å². The van der Waals surface area contributed by atoms with Gasteiger partial charge in [-0.25, -0.2) is 0 Å². The number of hydrogen-bond acceptors (Lipinski definition) is 3. The quantitative estimate of drug-likeness (QED) is 0.835. The minimum absolute atomic E-state index is 0.0417. The SMILES string of the molecule is CSc1ccccc1C(=O)N[C@H](C)c1ccc(Cl)s1. The Bertz CT molecular complexity index is 582. The fourth-order valence-electron chi connectivity index (χ4n) is 1.74. The predicted molar refractivity (Wildman–Crippen MR) is 83.4 cm³/mol. The third-order valence-corrected chi connectivity index (χ3v) is 4.93. The van der Waals surface area contributed by atoms with E-state index < -0.39 is 0 Å². The van der Waals surface area contributed by atoms with Crippen molar-refractivity contribution in [2.75, 3.05) is 6.26 Å². The zero-order valence-corrected chi connectivity index (χ0v) is 13.0. The Hall–Kier alpha value is -0.970. The molecule has 1 N–H and O–H groups in total. The molecule has 0 spiro atoms. The maximum absolute atomic E-state index is 12.3. The van der Waals surface area contributed by atoms with Crippen molar-refractivity contribution in [1.29, 1.82) is 0 Å². The largest absolute Gasteiger partial charge is 0.345 e. The maximum atomic E-state index is 12.3. The molecule has 0 aliphatic heterocycles. The van der Waals surface area contributed by atoms with Gasteiger partial charge in [-0.3, -0.25) is 4.79 Å². The molecule has 0 saturated carbocycles. The first kappa shape index (κ1) is 14.4. The lowest BCUT2D eigenvalue weighted by molar-refractivity contribution is 0.0937. The molecule has 0 unspecified atom stereocenters. The van der Waals surface area contributed by atoms with Gasteiger partial charge in [0.25, 0.3) is 5.91 Å². The Kier molecular flexibility index (Phi) is 4.91. The molecule has 0 saturated heterocycles. The van der Waals surface area contributed by atoms with Gasteiger partial charge < -0.3 is 5.32 Å². The number of carbonyl (C=O) groups is 1. The third-order valence-electron chi connectivity index (χ3n) is 2.72. The van der Waals surface area contributed by atoms with Crippen LogP contribution in [-0.2, 0) is 0 Å². The van der Waals surface area contributed by atoms with Gasteiger partial charge in [-0.15, -0.1) is 23.1 Å². The van der Waals surface area contributed by atoms with E-state index >= 15 is 0 Å². The van der Waals surface area contributed by atoms with Crippen molar-refractivity contribution < 1.29 is 4.79 Å². The van der Waals surface area contributed by atoms with Gasteiger partial charge in [0.2, 0.25) is 0 Å². The van der Waals surface area contributed by atoms with Crippen LogP contribution in [0.15, 0.2) is 41.3 Å². The molecule has 1 heterocycles. The molecule has 0 aliphatic rings. The molecule has 0 aliphatic carbocycles. The summed E-state index contributed by atoms with van der Waals surface area (Å²) in [6.45, 7) is 1.96.